The van der Waals surface area contributed by atoms with E-state index in [4.69, 9.17) is 5.73 Å². The fraction of sp³-hybridized carbons (Fsp3) is 1.00. The van der Waals surface area contributed by atoms with Crippen molar-refractivity contribution in [3.63, 3.8) is 0 Å². The summed E-state index contributed by atoms with van der Waals surface area (Å²) >= 11 is 0. The van der Waals surface area contributed by atoms with Gasteiger partial charge in [0.1, 0.15) is 0 Å². The molecule has 16 heavy (non-hydrogen) atoms. The lowest BCUT2D eigenvalue weighted by molar-refractivity contribution is 0.184. The van der Waals surface area contributed by atoms with Gasteiger partial charge in [-0.15, -0.1) is 0 Å². The summed E-state index contributed by atoms with van der Waals surface area (Å²) in [5.74, 6) is 0.845. The van der Waals surface area contributed by atoms with Crippen LogP contribution in [0.15, 0.2) is 0 Å². The minimum absolute atomic E-state index is 0.277. The van der Waals surface area contributed by atoms with E-state index in [0.717, 1.165) is 18.9 Å². The molecule has 0 aromatic rings. The van der Waals surface area contributed by atoms with Crippen molar-refractivity contribution >= 4 is 0 Å². The maximum atomic E-state index is 6.20. The second-order valence-corrected chi connectivity index (χ2v) is 5.02. The van der Waals surface area contributed by atoms with Crippen molar-refractivity contribution in [3.8, 4) is 0 Å². The minimum atomic E-state index is 0.277. The van der Waals surface area contributed by atoms with E-state index in [1.54, 1.807) is 0 Å². The van der Waals surface area contributed by atoms with E-state index >= 15 is 0 Å². The molecule has 0 amide bonds. The molecule has 0 saturated heterocycles. The second-order valence-electron chi connectivity index (χ2n) is 5.02. The molecule has 0 bridgehead atoms. The molecule has 0 heterocycles. The number of unbranched alkanes of at least 4 members (excludes halogenated alkanes) is 1. The van der Waals surface area contributed by atoms with Crippen LogP contribution in [0, 0.1) is 5.92 Å². The van der Waals surface area contributed by atoms with Gasteiger partial charge in [0.2, 0.25) is 0 Å². The highest BCUT2D eigenvalue weighted by molar-refractivity contribution is 4.66. The van der Waals surface area contributed by atoms with Crippen molar-refractivity contribution in [2.24, 2.45) is 11.7 Å². The summed E-state index contributed by atoms with van der Waals surface area (Å²) in [6.07, 6.45) is 7.86. The standard InChI is InChI=1S/C14H32N2/c1-5-8-10-14(15)16(7-3)12-11-13(4)9-6-2/h13-14H,5-12,15H2,1-4H3/t13-,14?/m1/s1. The summed E-state index contributed by atoms with van der Waals surface area (Å²) in [6.45, 7) is 11.3. The van der Waals surface area contributed by atoms with Crippen LogP contribution in [0.3, 0.4) is 0 Å². The summed E-state index contributed by atoms with van der Waals surface area (Å²) in [5, 5.41) is 0. The van der Waals surface area contributed by atoms with E-state index in [2.05, 4.69) is 32.6 Å². The van der Waals surface area contributed by atoms with Gasteiger partial charge < -0.3 is 5.73 Å². The Morgan fingerprint density at radius 2 is 1.69 bits per heavy atom. The Bertz CT molecular complexity index is 148. The minimum Gasteiger partial charge on any atom is -0.316 e. The molecule has 2 nitrogen and oxygen atoms in total. The van der Waals surface area contributed by atoms with Crippen LogP contribution in [0.4, 0.5) is 0 Å². The van der Waals surface area contributed by atoms with Gasteiger partial charge in [-0.05, 0) is 31.8 Å². The molecule has 2 atom stereocenters. The van der Waals surface area contributed by atoms with Gasteiger partial charge in [0, 0.05) is 0 Å². The molecule has 0 aliphatic rings. The summed E-state index contributed by atoms with van der Waals surface area (Å²) in [6, 6.07) is 0. The van der Waals surface area contributed by atoms with Gasteiger partial charge in [0.25, 0.3) is 0 Å². The normalized spacial score (nSPS) is 15.4. The average Bonchev–Trinajstić information content (AvgIpc) is 2.27. The summed E-state index contributed by atoms with van der Waals surface area (Å²) in [5.41, 5.74) is 6.20. The number of rotatable bonds is 10. The van der Waals surface area contributed by atoms with Crippen molar-refractivity contribution in [2.45, 2.75) is 72.4 Å². The lowest BCUT2D eigenvalue weighted by atomic mass is 10.0. The lowest BCUT2D eigenvalue weighted by Crippen LogP contribution is -2.42. The topological polar surface area (TPSA) is 29.3 Å². The smallest absolute Gasteiger partial charge is 0.0571 e. The van der Waals surface area contributed by atoms with Crippen molar-refractivity contribution in [1.82, 2.24) is 4.90 Å². The molecular weight excluding hydrogens is 196 g/mol. The average molecular weight is 228 g/mol. The Morgan fingerprint density at radius 3 is 2.19 bits per heavy atom. The number of nitrogens with two attached hydrogens (primary N) is 1. The molecule has 1 unspecified atom stereocenters. The van der Waals surface area contributed by atoms with Crippen molar-refractivity contribution in [3.05, 3.63) is 0 Å². The van der Waals surface area contributed by atoms with Gasteiger partial charge in [-0.1, -0.05) is 53.4 Å². The SMILES string of the molecule is CCCCC(N)N(CC)CC[C@H](C)CCC. The highest BCUT2D eigenvalue weighted by atomic mass is 15.2. The van der Waals surface area contributed by atoms with Crippen LogP contribution in [0.5, 0.6) is 0 Å². The third-order valence-electron chi connectivity index (χ3n) is 3.42. The third kappa shape index (κ3) is 7.24. The van der Waals surface area contributed by atoms with E-state index < -0.39 is 0 Å². The molecular formula is C14H32N2. The fourth-order valence-corrected chi connectivity index (χ4v) is 2.18. The third-order valence-corrected chi connectivity index (χ3v) is 3.42. The summed E-state index contributed by atoms with van der Waals surface area (Å²) in [4.78, 5) is 2.43. The zero-order valence-electron chi connectivity index (χ0n) is 11.8. The van der Waals surface area contributed by atoms with Gasteiger partial charge in [0.05, 0.1) is 6.17 Å². The molecule has 2 heteroatoms. The van der Waals surface area contributed by atoms with Crippen molar-refractivity contribution in [2.75, 3.05) is 13.1 Å². The zero-order valence-corrected chi connectivity index (χ0v) is 11.8. The first kappa shape index (κ1) is 15.9. The van der Waals surface area contributed by atoms with Gasteiger partial charge in [-0.25, -0.2) is 0 Å². The number of hydrogen-bond donors (Lipinski definition) is 1. The predicted molar refractivity (Wildman–Crippen MR) is 73.4 cm³/mol. The quantitative estimate of drug-likeness (QED) is 0.579. The molecule has 0 rings (SSSR count). The van der Waals surface area contributed by atoms with Crippen LogP contribution in [-0.2, 0) is 0 Å². The van der Waals surface area contributed by atoms with Crippen LogP contribution in [0.2, 0.25) is 0 Å². The molecule has 0 spiro atoms. The van der Waals surface area contributed by atoms with Crippen LogP contribution < -0.4 is 5.73 Å². The summed E-state index contributed by atoms with van der Waals surface area (Å²) in [7, 11) is 0. The fourth-order valence-electron chi connectivity index (χ4n) is 2.18. The predicted octanol–water partition coefficient (Wildman–Crippen LogP) is 3.61. The monoisotopic (exact) mass is 228 g/mol. The Kier molecular flexibility index (Phi) is 10.0. The Balaban J connectivity index is 3.80. The Morgan fingerprint density at radius 1 is 1.00 bits per heavy atom. The molecule has 98 valence electrons. The Labute approximate surface area is 103 Å². The number of nitrogens with zero attached hydrogens (tertiary/aromatic N) is 1. The molecule has 0 fully saturated rings. The van der Waals surface area contributed by atoms with Crippen molar-refractivity contribution in [1.29, 1.82) is 0 Å². The van der Waals surface area contributed by atoms with E-state index in [1.807, 2.05) is 0 Å². The molecule has 0 saturated carbocycles. The zero-order chi connectivity index (χ0) is 12.4. The maximum Gasteiger partial charge on any atom is 0.0571 e. The molecule has 2 N–H and O–H groups in total. The molecule has 0 aromatic heterocycles. The Hall–Kier alpha value is -0.0800. The first-order valence-electron chi connectivity index (χ1n) is 7.15. The lowest BCUT2D eigenvalue weighted by Gasteiger charge is -2.28. The van der Waals surface area contributed by atoms with Crippen molar-refractivity contribution < 1.29 is 0 Å². The van der Waals surface area contributed by atoms with E-state index in [1.165, 1.54) is 38.6 Å². The summed E-state index contributed by atoms with van der Waals surface area (Å²) < 4.78 is 0. The van der Waals surface area contributed by atoms with Crippen LogP contribution in [-0.4, -0.2) is 24.2 Å². The maximum absolute atomic E-state index is 6.20. The highest BCUT2D eigenvalue weighted by Crippen LogP contribution is 2.12. The van der Waals surface area contributed by atoms with Gasteiger partial charge in [0.15, 0.2) is 0 Å². The molecule has 0 aliphatic heterocycles. The van der Waals surface area contributed by atoms with E-state index in [0.29, 0.717) is 0 Å². The van der Waals surface area contributed by atoms with E-state index in [9.17, 15) is 0 Å². The van der Waals surface area contributed by atoms with Crippen LogP contribution in [0.1, 0.15) is 66.2 Å². The van der Waals surface area contributed by atoms with Gasteiger partial charge in [-0.2, -0.15) is 0 Å². The van der Waals surface area contributed by atoms with E-state index in [-0.39, 0.29) is 6.17 Å². The largest absolute Gasteiger partial charge is 0.316 e. The number of hydrogen-bond acceptors (Lipinski definition) is 2. The molecule has 0 aromatic carbocycles. The van der Waals surface area contributed by atoms with Crippen LogP contribution >= 0.6 is 0 Å². The van der Waals surface area contributed by atoms with Gasteiger partial charge >= 0.3 is 0 Å². The molecule has 0 radical (unpaired) electrons. The highest BCUT2D eigenvalue weighted by Gasteiger charge is 2.12. The second kappa shape index (κ2) is 10.1. The first-order chi connectivity index (χ1) is 7.65. The van der Waals surface area contributed by atoms with Crippen LogP contribution in [0.25, 0.3) is 0 Å². The first-order valence-corrected chi connectivity index (χ1v) is 7.15. The molecule has 0 aliphatic carbocycles. The van der Waals surface area contributed by atoms with Gasteiger partial charge in [-0.3, -0.25) is 4.90 Å².